The van der Waals surface area contributed by atoms with Crippen molar-refractivity contribution in [3.05, 3.63) is 0 Å². The number of carbonyl (C=O) groups is 1. The zero-order valence-electron chi connectivity index (χ0n) is 12.8. The number of carbonyl (C=O) groups excluding carboxylic acids is 1. The van der Waals surface area contributed by atoms with Crippen LogP contribution in [0.1, 0.15) is 59.3 Å². The third-order valence-electron chi connectivity index (χ3n) is 4.69. The Morgan fingerprint density at radius 3 is 2.42 bits per heavy atom. The summed E-state index contributed by atoms with van der Waals surface area (Å²) in [5, 5.41) is 6.55. The fourth-order valence-corrected chi connectivity index (χ4v) is 3.28. The van der Waals surface area contributed by atoms with Crippen LogP contribution in [0.4, 0.5) is 0 Å². The lowest BCUT2D eigenvalue weighted by atomic mass is 9.69. The lowest BCUT2D eigenvalue weighted by Gasteiger charge is -2.40. The predicted molar refractivity (Wildman–Crippen MR) is 78.9 cm³/mol. The molecule has 2 atom stereocenters. The highest BCUT2D eigenvalue weighted by Crippen LogP contribution is 2.37. The molecule has 0 aromatic carbocycles. The van der Waals surface area contributed by atoms with Gasteiger partial charge in [-0.25, -0.2) is 0 Å². The molecule has 19 heavy (non-hydrogen) atoms. The van der Waals surface area contributed by atoms with Crippen LogP contribution in [0.5, 0.6) is 0 Å². The molecule has 2 aliphatic rings. The van der Waals surface area contributed by atoms with Crippen molar-refractivity contribution in [2.75, 3.05) is 13.1 Å². The van der Waals surface area contributed by atoms with Crippen LogP contribution in [0.3, 0.4) is 0 Å². The summed E-state index contributed by atoms with van der Waals surface area (Å²) >= 11 is 0. The van der Waals surface area contributed by atoms with Crippen molar-refractivity contribution in [1.29, 1.82) is 0 Å². The van der Waals surface area contributed by atoms with Gasteiger partial charge in [-0.3, -0.25) is 4.79 Å². The van der Waals surface area contributed by atoms with Crippen molar-refractivity contribution < 1.29 is 4.79 Å². The Morgan fingerprint density at radius 2 is 1.79 bits per heavy atom. The first-order valence-corrected chi connectivity index (χ1v) is 7.97. The summed E-state index contributed by atoms with van der Waals surface area (Å²) in [4.78, 5) is 11.8. The molecule has 0 heterocycles. The van der Waals surface area contributed by atoms with Crippen LogP contribution in [0.25, 0.3) is 0 Å². The smallest absolute Gasteiger partial charge is 0.233 e. The van der Waals surface area contributed by atoms with Gasteiger partial charge >= 0.3 is 0 Å². The fraction of sp³-hybridized carbons (Fsp3) is 0.938. The van der Waals surface area contributed by atoms with Gasteiger partial charge in [-0.2, -0.15) is 0 Å². The van der Waals surface area contributed by atoms with Crippen molar-refractivity contribution in [3.8, 4) is 0 Å². The molecule has 0 aromatic rings. The van der Waals surface area contributed by atoms with Crippen molar-refractivity contribution in [2.45, 2.75) is 65.3 Å². The Bertz CT molecular complexity index is 304. The van der Waals surface area contributed by atoms with Gasteiger partial charge < -0.3 is 10.6 Å². The minimum absolute atomic E-state index is 0.171. The molecule has 2 aliphatic carbocycles. The topological polar surface area (TPSA) is 41.1 Å². The zero-order valence-corrected chi connectivity index (χ0v) is 12.8. The average Bonchev–Trinajstić information content (AvgIpc) is 3.17. The maximum atomic E-state index is 11.8. The van der Waals surface area contributed by atoms with Gasteiger partial charge in [0.15, 0.2) is 0 Å². The molecule has 3 nitrogen and oxygen atoms in total. The normalized spacial score (nSPS) is 28.2. The van der Waals surface area contributed by atoms with Crippen molar-refractivity contribution in [3.63, 3.8) is 0 Å². The largest absolute Gasteiger partial charge is 0.355 e. The monoisotopic (exact) mass is 266 g/mol. The van der Waals surface area contributed by atoms with Gasteiger partial charge in [0.05, 0.1) is 6.54 Å². The van der Waals surface area contributed by atoms with Crippen LogP contribution in [0.2, 0.25) is 0 Å². The minimum Gasteiger partial charge on any atom is -0.355 e. The molecule has 2 saturated carbocycles. The van der Waals surface area contributed by atoms with Crippen LogP contribution >= 0.6 is 0 Å². The van der Waals surface area contributed by atoms with Crippen LogP contribution < -0.4 is 10.6 Å². The second-order valence-electron chi connectivity index (χ2n) is 7.49. The van der Waals surface area contributed by atoms with E-state index in [1.54, 1.807) is 0 Å². The Kier molecular flexibility index (Phi) is 4.88. The third kappa shape index (κ3) is 4.79. The molecule has 2 unspecified atom stereocenters. The van der Waals surface area contributed by atoms with E-state index in [1.807, 2.05) is 0 Å². The van der Waals surface area contributed by atoms with Crippen LogP contribution in [-0.4, -0.2) is 25.0 Å². The van der Waals surface area contributed by atoms with Crippen molar-refractivity contribution >= 4 is 5.91 Å². The molecule has 0 bridgehead atoms. The molecule has 1 amide bonds. The first-order valence-electron chi connectivity index (χ1n) is 7.97. The third-order valence-corrected chi connectivity index (χ3v) is 4.69. The van der Waals surface area contributed by atoms with Crippen LogP contribution in [0.15, 0.2) is 0 Å². The molecule has 110 valence electrons. The second kappa shape index (κ2) is 6.25. The standard InChI is InChI=1S/C16H30N2O/c1-16(2,3)13-6-4-5-7-14(13)17-11-15(19)18-10-12-8-9-12/h12-14,17H,4-11H2,1-3H3,(H,18,19). The van der Waals surface area contributed by atoms with E-state index in [0.717, 1.165) is 12.5 Å². The van der Waals surface area contributed by atoms with E-state index in [1.165, 1.54) is 38.5 Å². The molecule has 0 aromatic heterocycles. The fourth-order valence-electron chi connectivity index (χ4n) is 3.28. The lowest BCUT2D eigenvalue weighted by Crippen LogP contribution is -2.47. The zero-order chi connectivity index (χ0) is 13.9. The Morgan fingerprint density at radius 1 is 1.11 bits per heavy atom. The first-order chi connectivity index (χ1) is 8.97. The number of amides is 1. The van der Waals surface area contributed by atoms with Gasteiger partial charge in [0.25, 0.3) is 0 Å². The molecule has 2 N–H and O–H groups in total. The van der Waals surface area contributed by atoms with Gasteiger partial charge in [0.2, 0.25) is 5.91 Å². The Balaban J connectivity index is 1.73. The van der Waals surface area contributed by atoms with E-state index in [0.29, 0.717) is 23.9 Å². The quantitative estimate of drug-likeness (QED) is 0.803. The van der Waals surface area contributed by atoms with E-state index in [9.17, 15) is 4.79 Å². The highest BCUT2D eigenvalue weighted by molar-refractivity contribution is 5.78. The molecular weight excluding hydrogens is 236 g/mol. The van der Waals surface area contributed by atoms with Crippen molar-refractivity contribution in [1.82, 2.24) is 10.6 Å². The van der Waals surface area contributed by atoms with Gasteiger partial charge in [-0.05, 0) is 42.9 Å². The average molecular weight is 266 g/mol. The Hall–Kier alpha value is -0.570. The molecule has 2 fully saturated rings. The number of nitrogens with one attached hydrogen (secondary N) is 2. The minimum atomic E-state index is 0.171. The van der Waals surface area contributed by atoms with Gasteiger partial charge in [0.1, 0.15) is 0 Å². The van der Waals surface area contributed by atoms with Gasteiger partial charge in [0, 0.05) is 12.6 Å². The van der Waals surface area contributed by atoms with E-state index >= 15 is 0 Å². The van der Waals surface area contributed by atoms with E-state index in [4.69, 9.17) is 0 Å². The Labute approximate surface area is 117 Å². The highest BCUT2D eigenvalue weighted by atomic mass is 16.1. The van der Waals surface area contributed by atoms with E-state index in [2.05, 4.69) is 31.4 Å². The summed E-state index contributed by atoms with van der Waals surface area (Å²) in [5.74, 6) is 1.63. The summed E-state index contributed by atoms with van der Waals surface area (Å²) in [5.41, 5.74) is 0.336. The van der Waals surface area contributed by atoms with Gasteiger partial charge in [-0.15, -0.1) is 0 Å². The van der Waals surface area contributed by atoms with Crippen LogP contribution in [-0.2, 0) is 4.79 Å². The summed E-state index contributed by atoms with van der Waals surface area (Å²) < 4.78 is 0. The number of hydrogen-bond acceptors (Lipinski definition) is 2. The maximum Gasteiger partial charge on any atom is 0.233 e. The maximum absolute atomic E-state index is 11.8. The lowest BCUT2D eigenvalue weighted by molar-refractivity contribution is -0.120. The molecule has 2 rings (SSSR count). The number of rotatable bonds is 5. The summed E-state index contributed by atoms with van der Waals surface area (Å²) in [6, 6.07) is 0.514. The second-order valence-corrected chi connectivity index (χ2v) is 7.49. The summed E-state index contributed by atoms with van der Waals surface area (Å²) in [6.07, 6.45) is 7.75. The van der Waals surface area contributed by atoms with E-state index < -0.39 is 0 Å². The van der Waals surface area contributed by atoms with E-state index in [-0.39, 0.29) is 5.91 Å². The molecule has 0 spiro atoms. The van der Waals surface area contributed by atoms with Crippen molar-refractivity contribution in [2.24, 2.45) is 17.3 Å². The predicted octanol–water partition coefficient (Wildman–Crippen LogP) is 2.71. The molecule has 0 radical (unpaired) electrons. The van der Waals surface area contributed by atoms with Gasteiger partial charge in [-0.1, -0.05) is 33.6 Å². The molecule has 0 aliphatic heterocycles. The molecule has 0 saturated heterocycles. The summed E-state index contributed by atoms with van der Waals surface area (Å²) in [6.45, 7) is 8.35. The van der Waals surface area contributed by atoms with Crippen LogP contribution in [0, 0.1) is 17.3 Å². The SMILES string of the molecule is CC(C)(C)C1CCCCC1NCC(=O)NCC1CC1. The first kappa shape index (κ1) is 14.8. The molecular formula is C16H30N2O. The molecule has 3 heteroatoms. The summed E-state index contributed by atoms with van der Waals surface area (Å²) in [7, 11) is 0. The number of hydrogen-bond donors (Lipinski definition) is 2. The highest BCUT2D eigenvalue weighted by Gasteiger charge is 2.34.